The Kier molecular flexibility index (Phi) is 5.78. The highest BCUT2D eigenvalue weighted by atomic mass is 19.1. The van der Waals surface area contributed by atoms with Crippen LogP contribution in [-0.2, 0) is 9.59 Å². The van der Waals surface area contributed by atoms with E-state index in [-0.39, 0.29) is 18.0 Å². The van der Waals surface area contributed by atoms with Gasteiger partial charge in [-0.3, -0.25) is 14.4 Å². The molecule has 2 rings (SSSR count). The van der Waals surface area contributed by atoms with Crippen molar-refractivity contribution in [3.05, 3.63) is 59.7 Å². The lowest BCUT2D eigenvalue weighted by molar-refractivity contribution is -0.115. The van der Waals surface area contributed by atoms with Gasteiger partial charge < -0.3 is 16.0 Å². The Labute approximate surface area is 142 Å². The molecule has 3 amide bonds. The van der Waals surface area contributed by atoms with Gasteiger partial charge in [-0.2, -0.15) is 0 Å². The summed E-state index contributed by atoms with van der Waals surface area (Å²) in [5.74, 6) is -3.37. The van der Waals surface area contributed by atoms with Crippen LogP contribution in [0.15, 0.2) is 42.5 Å². The minimum absolute atomic E-state index is 0.215. The molecule has 0 unspecified atom stereocenters. The SMILES string of the molecule is CC(=O)Nc1ccc(NC(=O)CNC(=O)c2ccc(F)cc2F)cc1. The average molecular weight is 347 g/mol. The maximum Gasteiger partial charge on any atom is 0.254 e. The van der Waals surface area contributed by atoms with Crippen molar-refractivity contribution in [3.63, 3.8) is 0 Å². The Morgan fingerprint density at radius 3 is 2.08 bits per heavy atom. The first-order valence-corrected chi connectivity index (χ1v) is 7.26. The zero-order chi connectivity index (χ0) is 18.4. The van der Waals surface area contributed by atoms with Gasteiger partial charge in [-0.25, -0.2) is 8.78 Å². The Hall–Kier alpha value is -3.29. The molecule has 0 aliphatic carbocycles. The molecule has 0 radical (unpaired) electrons. The predicted molar refractivity (Wildman–Crippen MR) is 88.1 cm³/mol. The van der Waals surface area contributed by atoms with Crippen molar-refractivity contribution < 1.29 is 23.2 Å². The predicted octanol–water partition coefficient (Wildman–Crippen LogP) is 2.29. The van der Waals surface area contributed by atoms with E-state index in [2.05, 4.69) is 16.0 Å². The third-order valence-electron chi connectivity index (χ3n) is 3.07. The van der Waals surface area contributed by atoms with Gasteiger partial charge in [0.2, 0.25) is 11.8 Å². The lowest BCUT2D eigenvalue weighted by atomic mass is 10.2. The van der Waals surface area contributed by atoms with Crippen molar-refractivity contribution in [1.29, 1.82) is 0 Å². The first kappa shape index (κ1) is 18.1. The largest absolute Gasteiger partial charge is 0.343 e. The lowest BCUT2D eigenvalue weighted by Crippen LogP contribution is -2.33. The zero-order valence-electron chi connectivity index (χ0n) is 13.2. The van der Waals surface area contributed by atoms with E-state index in [1.165, 1.54) is 6.92 Å². The fourth-order valence-corrected chi connectivity index (χ4v) is 1.97. The fourth-order valence-electron chi connectivity index (χ4n) is 1.97. The summed E-state index contributed by atoms with van der Waals surface area (Å²) in [5.41, 5.74) is 0.681. The van der Waals surface area contributed by atoms with Gasteiger partial charge >= 0.3 is 0 Å². The fraction of sp³-hybridized carbons (Fsp3) is 0.118. The monoisotopic (exact) mass is 347 g/mol. The number of rotatable bonds is 5. The summed E-state index contributed by atoms with van der Waals surface area (Å²) in [4.78, 5) is 34.5. The van der Waals surface area contributed by atoms with Crippen molar-refractivity contribution in [1.82, 2.24) is 5.32 Å². The molecule has 0 saturated carbocycles. The summed E-state index contributed by atoms with van der Waals surface area (Å²) in [6, 6.07) is 8.89. The maximum absolute atomic E-state index is 13.5. The van der Waals surface area contributed by atoms with E-state index in [9.17, 15) is 23.2 Å². The van der Waals surface area contributed by atoms with Gasteiger partial charge in [-0.05, 0) is 36.4 Å². The number of hydrogen-bond donors (Lipinski definition) is 3. The summed E-state index contributed by atoms with van der Waals surface area (Å²) in [7, 11) is 0. The first-order chi connectivity index (χ1) is 11.8. The van der Waals surface area contributed by atoms with Gasteiger partial charge in [0.1, 0.15) is 11.6 Å². The number of halogens is 2. The van der Waals surface area contributed by atoms with Crippen molar-refractivity contribution in [3.8, 4) is 0 Å². The molecule has 0 aliphatic rings. The summed E-state index contributed by atoms with van der Waals surface area (Å²) in [6.07, 6.45) is 0. The van der Waals surface area contributed by atoms with Crippen LogP contribution in [0.25, 0.3) is 0 Å². The van der Waals surface area contributed by atoms with Crippen LogP contribution in [-0.4, -0.2) is 24.3 Å². The van der Waals surface area contributed by atoms with Crippen LogP contribution >= 0.6 is 0 Å². The van der Waals surface area contributed by atoms with E-state index in [0.29, 0.717) is 17.4 Å². The summed E-state index contributed by atoms with van der Waals surface area (Å²) in [6.45, 7) is 0.991. The molecular formula is C17H15F2N3O3. The highest BCUT2D eigenvalue weighted by molar-refractivity contribution is 5.99. The van der Waals surface area contributed by atoms with Crippen molar-refractivity contribution in [2.75, 3.05) is 17.2 Å². The molecule has 0 spiro atoms. The normalized spacial score (nSPS) is 10.0. The van der Waals surface area contributed by atoms with Crippen LogP contribution in [0, 0.1) is 11.6 Å². The highest BCUT2D eigenvalue weighted by Gasteiger charge is 2.13. The van der Waals surface area contributed by atoms with E-state index in [0.717, 1.165) is 12.1 Å². The molecule has 6 nitrogen and oxygen atoms in total. The second-order valence-corrected chi connectivity index (χ2v) is 5.11. The van der Waals surface area contributed by atoms with Crippen molar-refractivity contribution in [2.24, 2.45) is 0 Å². The van der Waals surface area contributed by atoms with E-state index in [1.54, 1.807) is 24.3 Å². The molecule has 0 saturated heterocycles. The molecule has 0 aromatic heterocycles. The molecular weight excluding hydrogens is 332 g/mol. The zero-order valence-corrected chi connectivity index (χ0v) is 13.2. The number of nitrogens with one attached hydrogen (secondary N) is 3. The number of amides is 3. The molecule has 8 heteroatoms. The quantitative estimate of drug-likeness (QED) is 0.775. The molecule has 0 bridgehead atoms. The van der Waals surface area contributed by atoms with Gasteiger partial charge in [-0.15, -0.1) is 0 Å². The van der Waals surface area contributed by atoms with E-state index in [1.807, 2.05) is 0 Å². The summed E-state index contributed by atoms with van der Waals surface area (Å²) < 4.78 is 26.3. The second kappa shape index (κ2) is 8.00. The average Bonchev–Trinajstić information content (AvgIpc) is 2.54. The van der Waals surface area contributed by atoms with Crippen LogP contribution in [0.1, 0.15) is 17.3 Å². The molecule has 0 aliphatic heterocycles. The Balaban J connectivity index is 1.87. The number of hydrogen-bond acceptors (Lipinski definition) is 3. The molecule has 0 fully saturated rings. The molecule has 0 heterocycles. The van der Waals surface area contributed by atoms with Crippen LogP contribution in [0.4, 0.5) is 20.2 Å². The van der Waals surface area contributed by atoms with E-state index in [4.69, 9.17) is 0 Å². The van der Waals surface area contributed by atoms with Gasteiger partial charge in [0.15, 0.2) is 0 Å². The topological polar surface area (TPSA) is 87.3 Å². The number of benzene rings is 2. The maximum atomic E-state index is 13.5. The smallest absolute Gasteiger partial charge is 0.254 e. The molecule has 3 N–H and O–H groups in total. The minimum atomic E-state index is -1.01. The third kappa shape index (κ3) is 5.38. The molecule has 0 atom stereocenters. The first-order valence-electron chi connectivity index (χ1n) is 7.26. The Morgan fingerprint density at radius 2 is 1.52 bits per heavy atom. The Bertz CT molecular complexity index is 807. The second-order valence-electron chi connectivity index (χ2n) is 5.11. The van der Waals surface area contributed by atoms with E-state index < -0.39 is 23.4 Å². The molecule has 25 heavy (non-hydrogen) atoms. The van der Waals surface area contributed by atoms with Crippen molar-refractivity contribution >= 4 is 29.1 Å². The van der Waals surface area contributed by atoms with Crippen LogP contribution in [0.3, 0.4) is 0 Å². The minimum Gasteiger partial charge on any atom is -0.343 e. The molecule has 2 aromatic rings. The summed E-state index contributed by atoms with van der Waals surface area (Å²) >= 11 is 0. The molecule has 2 aromatic carbocycles. The summed E-state index contributed by atoms with van der Waals surface area (Å²) in [5, 5.41) is 7.36. The van der Waals surface area contributed by atoms with Gasteiger partial charge in [0, 0.05) is 24.4 Å². The lowest BCUT2D eigenvalue weighted by Gasteiger charge is -2.08. The van der Waals surface area contributed by atoms with Crippen LogP contribution < -0.4 is 16.0 Å². The number of carbonyl (C=O) groups excluding carboxylic acids is 3. The number of anilines is 2. The number of carbonyl (C=O) groups is 3. The van der Waals surface area contributed by atoms with Gasteiger partial charge in [0.05, 0.1) is 12.1 Å². The third-order valence-corrected chi connectivity index (χ3v) is 3.07. The Morgan fingerprint density at radius 1 is 0.920 bits per heavy atom. The molecule has 130 valence electrons. The van der Waals surface area contributed by atoms with Gasteiger partial charge in [0.25, 0.3) is 5.91 Å². The van der Waals surface area contributed by atoms with Crippen LogP contribution in [0.5, 0.6) is 0 Å². The van der Waals surface area contributed by atoms with E-state index >= 15 is 0 Å². The van der Waals surface area contributed by atoms with Crippen molar-refractivity contribution in [2.45, 2.75) is 6.92 Å². The van der Waals surface area contributed by atoms with Crippen LogP contribution in [0.2, 0.25) is 0 Å². The van der Waals surface area contributed by atoms with Gasteiger partial charge in [-0.1, -0.05) is 0 Å². The highest BCUT2D eigenvalue weighted by Crippen LogP contribution is 2.13. The standard InChI is InChI=1S/C17H15F2N3O3/c1-10(23)21-12-3-5-13(6-4-12)22-16(24)9-20-17(25)14-7-2-11(18)8-15(14)19/h2-8H,9H2,1H3,(H,20,25)(H,21,23)(H,22,24).